The second-order valence-electron chi connectivity index (χ2n) is 1.22. The Morgan fingerprint density at radius 1 is 2.00 bits per heavy atom. The van der Waals surface area contributed by atoms with Gasteiger partial charge < -0.3 is 10.8 Å². The van der Waals surface area contributed by atoms with Crippen LogP contribution in [0.3, 0.4) is 0 Å². The molecule has 0 heterocycles. The van der Waals surface area contributed by atoms with E-state index in [-0.39, 0.29) is 5.75 Å². The Morgan fingerprint density at radius 3 is 2.62 bits per heavy atom. The molecule has 0 saturated heterocycles. The van der Waals surface area contributed by atoms with E-state index >= 15 is 0 Å². The molecule has 0 aliphatic rings. The maximum absolute atomic E-state index is 9.89. The van der Waals surface area contributed by atoms with Gasteiger partial charge in [0.1, 0.15) is 6.04 Å². The van der Waals surface area contributed by atoms with E-state index in [1.54, 1.807) is 0 Å². The van der Waals surface area contributed by atoms with Crippen LogP contribution in [0.1, 0.15) is 0 Å². The van der Waals surface area contributed by atoms with Crippen LogP contribution < -0.4 is 5.73 Å². The molecule has 0 aliphatic carbocycles. The number of carboxylic acids is 1. The molecule has 0 unspecified atom stereocenters. The number of nitrogens with two attached hydrogens (primary N) is 1. The van der Waals surface area contributed by atoms with Gasteiger partial charge in [-0.15, -0.1) is 0 Å². The number of rotatable bonds is 3. The van der Waals surface area contributed by atoms with Crippen LogP contribution in [0.2, 0.25) is 0 Å². The summed E-state index contributed by atoms with van der Waals surface area (Å²) in [4.78, 5) is 9.89. The molecule has 0 fully saturated rings. The SMILES string of the molecule is N[C@@H](CSCl)C(=O)O. The van der Waals surface area contributed by atoms with Crippen LogP contribution in [0.4, 0.5) is 0 Å². The van der Waals surface area contributed by atoms with E-state index in [0.717, 1.165) is 11.0 Å². The minimum Gasteiger partial charge on any atom is -0.480 e. The van der Waals surface area contributed by atoms with Crippen LogP contribution in [0.15, 0.2) is 0 Å². The average molecular weight is 156 g/mol. The van der Waals surface area contributed by atoms with Crippen molar-refractivity contribution < 1.29 is 9.90 Å². The van der Waals surface area contributed by atoms with E-state index in [2.05, 4.69) is 0 Å². The van der Waals surface area contributed by atoms with E-state index in [1.165, 1.54) is 0 Å². The van der Waals surface area contributed by atoms with E-state index in [0.29, 0.717) is 0 Å². The maximum Gasteiger partial charge on any atom is 0.321 e. The van der Waals surface area contributed by atoms with Crippen LogP contribution in [-0.4, -0.2) is 22.9 Å². The highest BCUT2D eigenvalue weighted by Gasteiger charge is 2.09. The van der Waals surface area contributed by atoms with Crippen LogP contribution in [0.25, 0.3) is 0 Å². The van der Waals surface area contributed by atoms with Crippen molar-refractivity contribution in [1.29, 1.82) is 0 Å². The average Bonchev–Trinajstić information content (AvgIpc) is 1.67. The van der Waals surface area contributed by atoms with Gasteiger partial charge in [-0.05, 0) is 10.7 Å². The van der Waals surface area contributed by atoms with Crippen molar-refractivity contribution in [1.82, 2.24) is 0 Å². The lowest BCUT2D eigenvalue weighted by atomic mass is 10.4. The third-order valence-corrected chi connectivity index (χ3v) is 1.42. The molecular weight excluding hydrogens is 150 g/mol. The molecule has 5 heteroatoms. The molecule has 3 N–H and O–H groups in total. The summed E-state index contributed by atoms with van der Waals surface area (Å²) in [5.74, 6) is -0.769. The van der Waals surface area contributed by atoms with Gasteiger partial charge in [-0.2, -0.15) is 0 Å². The molecule has 48 valence electrons. The summed E-state index contributed by atoms with van der Waals surface area (Å²) < 4.78 is 0. The Balaban J connectivity index is 3.32. The highest BCUT2D eigenvalue weighted by Crippen LogP contribution is 2.05. The van der Waals surface area contributed by atoms with Gasteiger partial charge in [0.25, 0.3) is 0 Å². The lowest BCUT2D eigenvalue weighted by Gasteiger charge is -1.98. The van der Waals surface area contributed by atoms with Crippen LogP contribution in [0, 0.1) is 0 Å². The van der Waals surface area contributed by atoms with E-state index in [4.69, 9.17) is 21.5 Å². The fourth-order valence-electron chi connectivity index (χ4n) is 0.139. The molecule has 8 heavy (non-hydrogen) atoms. The van der Waals surface area contributed by atoms with Gasteiger partial charge in [0.05, 0.1) is 0 Å². The topological polar surface area (TPSA) is 63.3 Å². The summed E-state index contributed by atoms with van der Waals surface area (Å²) in [6, 6.07) is -0.836. The quantitative estimate of drug-likeness (QED) is 0.615. The molecule has 3 nitrogen and oxygen atoms in total. The summed E-state index contributed by atoms with van der Waals surface area (Å²) in [6.45, 7) is 0. The van der Waals surface area contributed by atoms with E-state index in [9.17, 15) is 4.79 Å². The second kappa shape index (κ2) is 4.00. The number of halogens is 1. The molecule has 0 radical (unpaired) electrons. The van der Waals surface area contributed by atoms with Gasteiger partial charge in [-0.3, -0.25) is 4.79 Å². The lowest BCUT2D eigenvalue weighted by Crippen LogP contribution is -2.31. The minimum absolute atomic E-state index is 0.247. The van der Waals surface area contributed by atoms with Gasteiger partial charge in [0.2, 0.25) is 0 Å². The first kappa shape index (κ1) is 8.07. The largest absolute Gasteiger partial charge is 0.480 e. The predicted octanol–water partition coefficient (Wildman–Crippen LogP) is 0.285. The molecule has 0 amide bonds. The summed E-state index contributed by atoms with van der Waals surface area (Å²) in [7, 11) is 6.02. The van der Waals surface area contributed by atoms with Crippen molar-refractivity contribution in [2.75, 3.05) is 5.75 Å². The highest BCUT2D eigenvalue weighted by atomic mass is 35.7. The molecule has 1 atom stereocenters. The summed E-state index contributed by atoms with van der Waals surface area (Å²) in [5, 5.41) is 8.12. The molecule has 0 bridgehead atoms. The van der Waals surface area contributed by atoms with Crippen molar-refractivity contribution in [3.05, 3.63) is 0 Å². The molecular formula is C3H6ClNO2S. The Bertz CT molecular complexity index is 89.4. The molecule has 0 aromatic heterocycles. The van der Waals surface area contributed by atoms with Gasteiger partial charge in [0.15, 0.2) is 0 Å². The van der Waals surface area contributed by atoms with E-state index < -0.39 is 12.0 Å². The van der Waals surface area contributed by atoms with Gasteiger partial charge in [-0.25, -0.2) is 0 Å². The first-order chi connectivity index (χ1) is 3.68. The summed E-state index contributed by atoms with van der Waals surface area (Å²) in [5.41, 5.74) is 5.02. The number of hydrogen-bond donors (Lipinski definition) is 2. The van der Waals surface area contributed by atoms with Crippen molar-refractivity contribution in [2.45, 2.75) is 6.04 Å². The molecule has 0 saturated carbocycles. The Hall–Kier alpha value is 0.0700. The van der Waals surface area contributed by atoms with Crippen molar-refractivity contribution in [3.63, 3.8) is 0 Å². The Kier molecular flexibility index (Phi) is 4.03. The van der Waals surface area contributed by atoms with E-state index in [1.807, 2.05) is 0 Å². The number of carboxylic acid groups (broad SMARTS) is 1. The van der Waals surface area contributed by atoms with Crippen molar-refractivity contribution in [2.24, 2.45) is 5.73 Å². The van der Waals surface area contributed by atoms with Gasteiger partial charge >= 0.3 is 5.97 Å². The molecule has 0 aromatic rings. The maximum atomic E-state index is 9.89. The Labute approximate surface area is 55.7 Å². The van der Waals surface area contributed by atoms with Gasteiger partial charge in [0, 0.05) is 5.75 Å². The fourth-order valence-corrected chi connectivity index (χ4v) is 0.825. The van der Waals surface area contributed by atoms with Crippen molar-refractivity contribution >= 4 is 27.6 Å². The molecule has 0 rings (SSSR count). The Morgan fingerprint density at radius 2 is 2.50 bits per heavy atom. The third-order valence-electron chi connectivity index (χ3n) is 0.560. The lowest BCUT2D eigenvalue weighted by molar-refractivity contribution is -0.137. The normalized spacial score (nSPS) is 13.2. The monoisotopic (exact) mass is 155 g/mol. The minimum atomic E-state index is -1.02. The highest BCUT2D eigenvalue weighted by molar-refractivity contribution is 8.21. The zero-order valence-electron chi connectivity index (χ0n) is 4.00. The zero-order valence-corrected chi connectivity index (χ0v) is 5.58. The third kappa shape index (κ3) is 3.12. The molecule has 0 spiro atoms. The smallest absolute Gasteiger partial charge is 0.321 e. The molecule has 0 aromatic carbocycles. The van der Waals surface area contributed by atoms with Crippen LogP contribution in [0.5, 0.6) is 0 Å². The number of hydrogen-bond acceptors (Lipinski definition) is 3. The zero-order chi connectivity index (χ0) is 6.57. The fraction of sp³-hybridized carbons (Fsp3) is 0.667. The second-order valence-corrected chi connectivity index (χ2v) is 2.43. The standard InChI is InChI=1S/C3H6ClNO2S/c4-8-1-2(5)3(6)7/h2H,1,5H2,(H,6,7)/t2-/m0/s1. The van der Waals surface area contributed by atoms with Crippen LogP contribution in [-0.2, 0) is 4.79 Å². The van der Waals surface area contributed by atoms with Gasteiger partial charge in [-0.1, -0.05) is 11.0 Å². The number of aliphatic carboxylic acids is 1. The number of carbonyl (C=O) groups is 1. The van der Waals surface area contributed by atoms with Crippen molar-refractivity contribution in [3.8, 4) is 0 Å². The predicted molar refractivity (Wildman–Crippen MR) is 33.9 cm³/mol. The summed E-state index contributed by atoms with van der Waals surface area (Å²) in [6.07, 6.45) is 0. The first-order valence-corrected chi connectivity index (χ1v) is 3.71. The summed E-state index contributed by atoms with van der Waals surface area (Å²) >= 11 is 0. The van der Waals surface area contributed by atoms with Crippen LogP contribution >= 0.6 is 21.7 Å². The molecule has 0 aliphatic heterocycles. The first-order valence-electron chi connectivity index (χ1n) is 1.90.